The van der Waals surface area contributed by atoms with Crippen LogP contribution in [0.15, 0.2) is 35.2 Å². The van der Waals surface area contributed by atoms with Gasteiger partial charge in [-0.3, -0.25) is 4.79 Å². The van der Waals surface area contributed by atoms with E-state index in [0.29, 0.717) is 37.7 Å². The molecular weight excluding hydrogens is 382 g/mol. The summed E-state index contributed by atoms with van der Waals surface area (Å²) >= 11 is 1.59. The van der Waals surface area contributed by atoms with Gasteiger partial charge in [-0.1, -0.05) is 18.2 Å². The Balaban J connectivity index is 0.00000312. The van der Waals surface area contributed by atoms with Crippen molar-refractivity contribution in [1.82, 2.24) is 9.62 Å². The van der Waals surface area contributed by atoms with Crippen LogP contribution in [0, 0.1) is 5.92 Å². The number of carbonyl (C=O) groups excluding carboxylic acids is 1. The van der Waals surface area contributed by atoms with E-state index < -0.39 is 16.1 Å². The van der Waals surface area contributed by atoms with E-state index in [2.05, 4.69) is 4.72 Å². The van der Waals surface area contributed by atoms with Crippen molar-refractivity contribution in [1.29, 1.82) is 0 Å². The molecule has 1 aromatic carbocycles. The van der Waals surface area contributed by atoms with Gasteiger partial charge < -0.3 is 10.6 Å². The summed E-state index contributed by atoms with van der Waals surface area (Å²) in [4.78, 5) is 14.7. The van der Waals surface area contributed by atoms with Gasteiger partial charge in [0.15, 0.2) is 0 Å². The molecule has 0 bridgehead atoms. The number of benzene rings is 1. The second-order valence-electron chi connectivity index (χ2n) is 5.94. The van der Waals surface area contributed by atoms with Crippen molar-refractivity contribution in [3.63, 3.8) is 0 Å². The molecule has 0 saturated carbocycles. The summed E-state index contributed by atoms with van der Waals surface area (Å²) in [6.07, 6.45) is 3.28. The lowest BCUT2D eigenvalue weighted by atomic mass is 10.1. The van der Waals surface area contributed by atoms with Crippen LogP contribution in [-0.2, 0) is 14.8 Å². The van der Waals surface area contributed by atoms with Crippen molar-refractivity contribution in [3.05, 3.63) is 30.3 Å². The molecule has 0 aliphatic carbocycles. The van der Waals surface area contributed by atoms with Crippen LogP contribution in [-0.4, -0.2) is 56.9 Å². The van der Waals surface area contributed by atoms with E-state index in [4.69, 9.17) is 5.73 Å². The highest BCUT2D eigenvalue weighted by Crippen LogP contribution is 2.18. The summed E-state index contributed by atoms with van der Waals surface area (Å²) < 4.78 is 27.7. The molecule has 2 unspecified atom stereocenters. The van der Waals surface area contributed by atoms with Crippen molar-refractivity contribution >= 4 is 40.1 Å². The highest BCUT2D eigenvalue weighted by molar-refractivity contribution is 7.98. The second-order valence-corrected chi connectivity index (χ2v) is 8.64. The molecule has 1 aromatic rings. The van der Waals surface area contributed by atoms with Gasteiger partial charge >= 0.3 is 0 Å². The van der Waals surface area contributed by atoms with Crippen molar-refractivity contribution in [2.75, 3.05) is 31.6 Å². The van der Waals surface area contributed by atoms with Crippen LogP contribution in [0.3, 0.4) is 0 Å². The normalized spacial score (nSPS) is 18.6. The summed E-state index contributed by atoms with van der Waals surface area (Å²) in [6.45, 7) is 1.80. The van der Waals surface area contributed by atoms with E-state index in [1.165, 1.54) is 12.1 Å². The zero-order valence-electron chi connectivity index (χ0n) is 14.3. The Kier molecular flexibility index (Phi) is 9.23. The molecule has 2 atom stereocenters. The first-order valence-electron chi connectivity index (χ1n) is 8.03. The summed E-state index contributed by atoms with van der Waals surface area (Å²) in [5.74, 6) is 0.863. The molecule has 0 spiro atoms. The van der Waals surface area contributed by atoms with Gasteiger partial charge in [0.25, 0.3) is 0 Å². The fourth-order valence-corrected chi connectivity index (χ4v) is 4.49. The van der Waals surface area contributed by atoms with Crippen LogP contribution in [0.2, 0.25) is 0 Å². The number of rotatable bonds is 8. The molecule has 6 nitrogen and oxygen atoms in total. The van der Waals surface area contributed by atoms with Gasteiger partial charge in [-0.15, -0.1) is 12.4 Å². The van der Waals surface area contributed by atoms with Gasteiger partial charge in [-0.05, 0) is 49.4 Å². The zero-order chi connectivity index (χ0) is 17.6. The molecule has 1 saturated heterocycles. The molecule has 0 aromatic heterocycles. The third-order valence-corrected chi connectivity index (χ3v) is 6.32. The van der Waals surface area contributed by atoms with Gasteiger partial charge in [0.2, 0.25) is 15.9 Å². The first kappa shape index (κ1) is 22.2. The maximum absolute atomic E-state index is 12.8. The van der Waals surface area contributed by atoms with E-state index in [1.807, 2.05) is 6.26 Å². The highest BCUT2D eigenvalue weighted by Gasteiger charge is 2.32. The van der Waals surface area contributed by atoms with Gasteiger partial charge in [-0.25, -0.2) is 8.42 Å². The van der Waals surface area contributed by atoms with Crippen molar-refractivity contribution in [2.45, 2.75) is 23.8 Å². The lowest BCUT2D eigenvalue weighted by molar-refractivity contribution is -0.132. The van der Waals surface area contributed by atoms with Gasteiger partial charge in [-0.2, -0.15) is 16.5 Å². The fourth-order valence-electron chi connectivity index (χ4n) is 2.77. The predicted octanol–water partition coefficient (Wildman–Crippen LogP) is 1.32. The van der Waals surface area contributed by atoms with Crippen molar-refractivity contribution < 1.29 is 13.2 Å². The fraction of sp³-hybridized carbons (Fsp3) is 0.562. The van der Waals surface area contributed by atoms with Crippen molar-refractivity contribution in [3.8, 4) is 0 Å². The maximum atomic E-state index is 12.8. The van der Waals surface area contributed by atoms with Crippen molar-refractivity contribution in [2.24, 2.45) is 11.7 Å². The molecule has 1 aliphatic rings. The largest absolute Gasteiger partial charge is 0.341 e. The SMILES string of the molecule is CSCCC(NS(=O)(=O)c1ccccc1)C(=O)N1CCC(CN)C1.Cl. The molecule has 9 heteroatoms. The number of hydrogen-bond acceptors (Lipinski definition) is 5. The Labute approximate surface area is 160 Å². The first-order valence-corrected chi connectivity index (χ1v) is 10.9. The molecule has 0 radical (unpaired) electrons. The summed E-state index contributed by atoms with van der Waals surface area (Å²) in [5.41, 5.74) is 5.68. The number of nitrogens with one attached hydrogen (secondary N) is 1. The number of likely N-dealkylation sites (tertiary alicyclic amines) is 1. The predicted molar refractivity (Wildman–Crippen MR) is 105 cm³/mol. The summed E-state index contributed by atoms with van der Waals surface area (Å²) in [7, 11) is -3.72. The number of nitrogens with two attached hydrogens (primary N) is 1. The molecule has 3 N–H and O–H groups in total. The summed E-state index contributed by atoms with van der Waals surface area (Å²) in [5, 5.41) is 0. The quantitative estimate of drug-likeness (QED) is 0.677. The number of nitrogens with zero attached hydrogens (tertiary/aromatic N) is 1. The van der Waals surface area contributed by atoms with Gasteiger partial charge in [0.05, 0.1) is 4.90 Å². The maximum Gasteiger partial charge on any atom is 0.241 e. The number of thioether (sulfide) groups is 1. The third kappa shape index (κ3) is 6.14. The minimum atomic E-state index is -3.72. The molecule has 25 heavy (non-hydrogen) atoms. The minimum Gasteiger partial charge on any atom is -0.341 e. The molecule has 142 valence electrons. The number of amides is 1. The Morgan fingerprint density at radius 1 is 1.40 bits per heavy atom. The lowest BCUT2D eigenvalue weighted by Crippen LogP contribution is -2.48. The molecular formula is C16H26ClN3O3S2. The van der Waals surface area contributed by atoms with Gasteiger partial charge in [0.1, 0.15) is 6.04 Å². The number of halogens is 1. The summed E-state index contributed by atoms with van der Waals surface area (Å²) in [6, 6.07) is 7.41. The number of sulfonamides is 1. The monoisotopic (exact) mass is 407 g/mol. The Morgan fingerprint density at radius 3 is 2.64 bits per heavy atom. The van der Waals surface area contributed by atoms with Crippen LogP contribution >= 0.6 is 24.2 Å². The smallest absolute Gasteiger partial charge is 0.241 e. The number of carbonyl (C=O) groups is 1. The van der Waals surface area contributed by atoms with Gasteiger partial charge in [0, 0.05) is 13.1 Å². The number of hydrogen-bond donors (Lipinski definition) is 2. The van der Waals surface area contributed by atoms with Crippen LogP contribution in [0.5, 0.6) is 0 Å². The molecule has 2 rings (SSSR count). The standard InChI is InChI=1S/C16H25N3O3S2.ClH/c1-23-10-8-15(16(20)19-9-7-13(11-17)12-19)18-24(21,22)14-5-3-2-4-6-14;/h2-6,13,15,18H,7-12,17H2,1H3;1H. The third-order valence-electron chi connectivity index (χ3n) is 4.19. The molecule has 1 amide bonds. The molecule has 1 aliphatic heterocycles. The minimum absolute atomic E-state index is 0. The van der Waals surface area contributed by atoms with Crippen LogP contribution in [0.1, 0.15) is 12.8 Å². The molecule has 1 heterocycles. The van der Waals surface area contributed by atoms with Crippen LogP contribution < -0.4 is 10.5 Å². The lowest BCUT2D eigenvalue weighted by Gasteiger charge is -2.24. The van der Waals surface area contributed by atoms with E-state index in [-0.39, 0.29) is 23.2 Å². The van der Waals surface area contributed by atoms with E-state index in [1.54, 1.807) is 34.9 Å². The van der Waals surface area contributed by atoms with E-state index in [9.17, 15) is 13.2 Å². The highest BCUT2D eigenvalue weighted by atomic mass is 35.5. The Morgan fingerprint density at radius 2 is 2.08 bits per heavy atom. The average Bonchev–Trinajstić information content (AvgIpc) is 3.08. The Bertz CT molecular complexity index is 643. The first-order chi connectivity index (χ1) is 11.5. The topological polar surface area (TPSA) is 92.5 Å². The van der Waals surface area contributed by atoms with E-state index in [0.717, 1.165) is 6.42 Å². The average molecular weight is 408 g/mol. The van der Waals surface area contributed by atoms with Crippen LogP contribution in [0.25, 0.3) is 0 Å². The van der Waals surface area contributed by atoms with Crippen LogP contribution in [0.4, 0.5) is 0 Å². The van der Waals surface area contributed by atoms with E-state index >= 15 is 0 Å². The second kappa shape index (κ2) is 10.4. The zero-order valence-corrected chi connectivity index (χ0v) is 16.7. The Hall–Kier alpha value is -0.800. The molecule has 1 fully saturated rings.